The maximum atomic E-state index is 11.2. The van der Waals surface area contributed by atoms with Crippen molar-refractivity contribution in [3.63, 3.8) is 0 Å². The molecule has 27 heavy (non-hydrogen) atoms. The highest BCUT2D eigenvalue weighted by Gasteiger charge is 2.09. The Morgan fingerprint density at radius 2 is 1.74 bits per heavy atom. The molecule has 0 unspecified atom stereocenters. The van der Waals surface area contributed by atoms with Gasteiger partial charge in [0.1, 0.15) is 12.4 Å². The fourth-order valence-electron chi connectivity index (χ4n) is 2.54. The lowest BCUT2D eigenvalue weighted by molar-refractivity contribution is 0.0697. The summed E-state index contributed by atoms with van der Waals surface area (Å²) in [5.74, 6) is -0.309. The minimum absolute atomic E-state index is 0.0697. The standard InChI is InChI=1S/C21H17Cl2NO3/c22-16-5-1-4-15(9-16)13-27-18-6-2-3-14(10-18)12-24-17-7-8-20(23)19(11-17)21(25)26/h1-11,24H,12-13H2,(H,25,26). The van der Waals surface area contributed by atoms with Crippen LogP contribution in [0.25, 0.3) is 0 Å². The van der Waals surface area contributed by atoms with Crippen LogP contribution in [0.15, 0.2) is 66.7 Å². The summed E-state index contributed by atoms with van der Waals surface area (Å²) < 4.78 is 5.82. The average Bonchev–Trinajstić information content (AvgIpc) is 2.66. The van der Waals surface area contributed by atoms with Crippen molar-refractivity contribution in [3.8, 4) is 5.75 Å². The van der Waals surface area contributed by atoms with E-state index in [1.54, 1.807) is 12.1 Å². The Balaban J connectivity index is 1.62. The van der Waals surface area contributed by atoms with E-state index >= 15 is 0 Å². The molecule has 0 amide bonds. The molecular weight excluding hydrogens is 385 g/mol. The van der Waals surface area contributed by atoms with Crippen molar-refractivity contribution < 1.29 is 14.6 Å². The highest BCUT2D eigenvalue weighted by Crippen LogP contribution is 2.22. The zero-order chi connectivity index (χ0) is 19.2. The Morgan fingerprint density at radius 3 is 2.52 bits per heavy atom. The monoisotopic (exact) mass is 401 g/mol. The summed E-state index contributed by atoms with van der Waals surface area (Å²) in [5, 5.41) is 13.2. The van der Waals surface area contributed by atoms with Crippen LogP contribution in [0.1, 0.15) is 21.5 Å². The van der Waals surface area contributed by atoms with E-state index in [9.17, 15) is 4.79 Å². The number of anilines is 1. The normalized spacial score (nSPS) is 10.4. The number of aromatic carboxylic acids is 1. The third-order valence-corrected chi connectivity index (χ3v) is 4.45. The number of benzene rings is 3. The van der Waals surface area contributed by atoms with E-state index in [1.165, 1.54) is 6.07 Å². The highest BCUT2D eigenvalue weighted by molar-refractivity contribution is 6.33. The molecule has 0 atom stereocenters. The van der Waals surface area contributed by atoms with Gasteiger partial charge in [-0.25, -0.2) is 4.79 Å². The van der Waals surface area contributed by atoms with Gasteiger partial charge in [0.25, 0.3) is 0 Å². The Hall–Kier alpha value is -2.69. The molecule has 0 saturated carbocycles. The predicted octanol–water partition coefficient (Wildman–Crippen LogP) is 5.88. The van der Waals surface area contributed by atoms with Gasteiger partial charge in [-0.2, -0.15) is 0 Å². The average molecular weight is 402 g/mol. The van der Waals surface area contributed by atoms with Crippen molar-refractivity contribution in [2.45, 2.75) is 13.2 Å². The molecule has 0 fully saturated rings. The summed E-state index contributed by atoms with van der Waals surface area (Å²) in [6, 6.07) is 20.1. The first-order chi connectivity index (χ1) is 13.0. The van der Waals surface area contributed by atoms with Crippen molar-refractivity contribution in [2.24, 2.45) is 0 Å². The third-order valence-electron chi connectivity index (χ3n) is 3.89. The van der Waals surface area contributed by atoms with Crippen LogP contribution in [0, 0.1) is 0 Å². The van der Waals surface area contributed by atoms with Crippen LogP contribution in [0.5, 0.6) is 5.75 Å². The number of hydrogen-bond acceptors (Lipinski definition) is 3. The fraction of sp³-hybridized carbons (Fsp3) is 0.0952. The first-order valence-electron chi connectivity index (χ1n) is 8.24. The summed E-state index contributed by atoms with van der Waals surface area (Å²) in [6.07, 6.45) is 0. The Labute approximate surface area is 167 Å². The zero-order valence-electron chi connectivity index (χ0n) is 14.3. The number of halogens is 2. The smallest absolute Gasteiger partial charge is 0.337 e. The summed E-state index contributed by atoms with van der Waals surface area (Å²) in [6.45, 7) is 0.950. The number of rotatable bonds is 7. The number of carbonyl (C=O) groups is 1. The van der Waals surface area contributed by atoms with Gasteiger partial charge in [-0.3, -0.25) is 0 Å². The fourth-order valence-corrected chi connectivity index (χ4v) is 2.95. The number of carboxylic acids is 1. The molecule has 4 nitrogen and oxygen atoms in total. The molecule has 2 N–H and O–H groups in total. The molecule has 0 bridgehead atoms. The van der Waals surface area contributed by atoms with Gasteiger partial charge in [0.05, 0.1) is 10.6 Å². The molecule has 0 aliphatic rings. The predicted molar refractivity (Wildman–Crippen MR) is 108 cm³/mol. The molecule has 0 aliphatic carbocycles. The van der Waals surface area contributed by atoms with Gasteiger partial charge in [-0.05, 0) is 53.6 Å². The largest absolute Gasteiger partial charge is 0.489 e. The van der Waals surface area contributed by atoms with E-state index < -0.39 is 5.97 Å². The maximum absolute atomic E-state index is 11.2. The van der Waals surface area contributed by atoms with Crippen LogP contribution >= 0.6 is 23.2 Å². The van der Waals surface area contributed by atoms with Crippen LogP contribution in [-0.4, -0.2) is 11.1 Å². The summed E-state index contributed by atoms with van der Waals surface area (Å²) in [5.41, 5.74) is 2.75. The molecule has 138 valence electrons. The van der Waals surface area contributed by atoms with Crippen molar-refractivity contribution in [1.82, 2.24) is 0 Å². The van der Waals surface area contributed by atoms with E-state index in [0.29, 0.717) is 23.9 Å². The van der Waals surface area contributed by atoms with Crippen molar-refractivity contribution in [1.29, 1.82) is 0 Å². The minimum Gasteiger partial charge on any atom is -0.489 e. The molecule has 6 heteroatoms. The molecule has 3 aromatic carbocycles. The maximum Gasteiger partial charge on any atom is 0.337 e. The van der Waals surface area contributed by atoms with E-state index in [1.807, 2.05) is 48.5 Å². The van der Waals surface area contributed by atoms with Gasteiger partial charge in [0.15, 0.2) is 0 Å². The lowest BCUT2D eigenvalue weighted by atomic mass is 10.1. The van der Waals surface area contributed by atoms with E-state index in [2.05, 4.69) is 5.32 Å². The van der Waals surface area contributed by atoms with Crippen molar-refractivity contribution in [3.05, 3.63) is 93.5 Å². The Kier molecular flexibility index (Phi) is 6.22. The van der Waals surface area contributed by atoms with Crippen molar-refractivity contribution in [2.75, 3.05) is 5.32 Å². The molecule has 0 radical (unpaired) electrons. The molecule has 0 spiro atoms. The van der Waals surface area contributed by atoms with E-state index in [-0.39, 0.29) is 10.6 Å². The topological polar surface area (TPSA) is 58.6 Å². The molecule has 0 aliphatic heterocycles. The van der Waals surface area contributed by atoms with E-state index in [4.69, 9.17) is 33.0 Å². The van der Waals surface area contributed by atoms with Gasteiger partial charge in [-0.15, -0.1) is 0 Å². The van der Waals surface area contributed by atoms with Crippen LogP contribution in [0.3, 0.4) is 0 Å². The second kappa shape index (κ2) is 8.80. The SMILES string of the molecule is O=C(O)c1cc(NCc2cccc(OCc3cccc(Cl)c3)c2)ccc1Cl. The Bertz CT molecular complexity index is 960. The molecular formula is C21H17Cl2NO3. The lowest BCUT2D eigenvalue weighted by Gasteiger charge is -2.11. The number of ether oxygens (including phenoxy) is 1. The second-order valence-electron chi connectivity index (χ2n) is 5.92. The molecule has 3 rings (SSSR count). The van der Waals surface area contributed by atoms with Crippen LogP contribution < -0.4 is 10.1 Å². The number of hydrogen-bond donors (Lipinski definition) is 2. The van der Waals surface area contributed by atoms with Gasteiger partial charge in [-0.1, -0.05) is 47.5 Å². The zero-order valence-corrected chi connectivity index (χ0v) is 15.8. The van der Waals surface area contributed by atoms with Crippen molar-refractivity contribution >= 4 is 34.9 Å². The minimum atomic E-state index is -1.06. The number of carboxylic acid groups (broad SMARTS) is 1. The molecule has 0 heterocycles. The van der Waals surface area contributed by atoms with Gasteiger partial charge in [0, 0.05) is 17.3 Å². The lowest BCUT2D eigenvalue weighted by Crippen LogP contribution is -2.03. The summed E-state index contributed by atoms with van der Waals surface area (Å²) >= 11 is 11.9. The summed E-state index contributed by atoms with van der Waals surface area (Å²) in [7, 11) is 0. The first kappa shape index (κ1) is 19.1. The first-order valence-corrected chi connectivity index (χ1v) is 9.00. The van der Waals surface area contributed by atoms with Gasteiger partial charge >= 0.3 is 5.97 Å². The Morgan fingerprint density at radius 1 is 0.963 bits per heavy atom. The second-order valence-corrected chi connectivity index (χ2v) is 6.76. The van der Waals surface area contributed by atoms with Gasteiger partial charge < -0.3 is 15.2 Å². The molecule has 0 aromatic heterocycles. The third kappa shape index (κ3) is 5.39. The van der Waals surface area contributed by atoms with E-state index in [0.717, 1.165) is 16.9 Å². The van der Waals surface area contributed by atoms with Crippen LogP contribution in [-0.2, 0) is 13.2 Å². The number of nitrogens with one attached hydrogen (secondary N) is 1. The van der Waals surface area contributed by atoms with Gasteiger partial charge in [0.2, 0.25) is 0 Å². The molecule has 3 aromatic rings. The highest BCUT2D eigenvalue weighted by atomic mass is 35.5. The van der Waals surface area contributed by atoms with Crippen LogP contribution in [0.2, 0.25) is 10.0 Å². The summed E-state index contributed by atoms with van der Waals surface area (Å²) in [4.78, 5) is 11.2. The molecule has 0 saturated heterocycles. The van der Waals surface area contributed by atoms with Crippen LogP contribution in [0.4, 0.5) is 5.69 Å². The quantitative estimate of drug-likeness (QED) is 0.518.